The van der Waals surface area contributed by atoms with Crippen molar-refractivity contribution in [1.82, 2.24) is 4.98 Å². The average molecular weight is 223 g/mol. The molecule has 0 saturated heterocycles. The summed E-state index contributed by atoms with van der Waals surface area (Å²) in [7, 11) is 3.21. The summed E-state index contributed by atoms with van der Waals surface area (Å²) in [5.41, 5.74) is 1.78. The van der Waals surface area contributed by atoms with Gasteiger partial charge in [0, 0.05) is 10.9 Å². The zero-order valence-electron chi connectivity index (χ0n) is 7.61. The number of para-hydroxylation sites is 1. The number of carbonyl (C=O) groups excluding carboxylic acids is 1. The summed E-state index contributed by atoms with van der Waals surface area (Å²) in [5.74, 6) is 0. The molecule has 0 radical (unpaired) electrons. The van der Waals surface area contributed by atoms with E-state index in [1.165, 1.54) is 0 Å². The molecule has 0 spiro atoms. The molecule has 0 aliphatic heterocycles. The number of hydrogen-bond acceptors (Lipinski definition) is 3. The van der Waals surface area contributed by atoms with E-state index < -0.39 is 0 Å². The van der Waals surface area contributed by atoms with Crippen LogP contribution in [0.5, 0.6) is 0 Å². The predicted octanol–water partition coefficient (Wildman–Crippen LogP) is 3.35. The van der Waals surface area contributed by atoms with E-state index in [-0.39, 0.29) is 0 Å². The van der Waals surface area contributed by atoms with Gasteiger partial charge in [0.1, 0.15) is 0 Å². The number of carbonyl (C=O) groups is 1. The molecule has 1 N–H and O–H groups in total. The van der Waals surface area contributed by atoms with Crippen molar-refractivity contribution in [3.05, 3.63) is 29.8 Å². The number of rotatable bonds is 3. The van der Waals surface area contributed by atoms with Crippen molar-refractivity contribution in [2.45, 2.75) is 5.03 Å². The van der Waals surface area contributed by atoms with Crippen LogP contribution in [0.1, 0.15) is 10.4 Å². The van der Waals surface area contributed by atoms with Crippen LogP contribution in [-0.4, -0.2) is 17.5 Å². The van der Waals surface area contributed by atoms with Crippen LogP contribution in [0.2, 0.25) is 0 Å². The highest BCUT2D eigenvalue weighted by Gasteiger charge is 2.09. The molecule has 72 valence electrons. The van der Waals surface area contributed by atoms with Gasteiger partial charge in [0.2, 0.25) is 0 Å². The van der Waals surface area contributed by atoms with Gasteiger partial charge in [0.05, 0.1) is 10.6 Å². The quantitative estimate of drug-likeness (QED) is 0.640. The monoisotopic (exact) mass is 223 g/mol. The Bertz CT molecular complexity index is 464. The molecule has 2 rings (SSSR count). The molecule has 0 saturated carbocycles. The summed E-state index contributed by atoms with van der Waals surface area (Å²) in [6, 6.07) is 7.84. The fraction of sp³-hybridized carbons (Fsp3) is 0.100. The molecule has 0 aliphatic carbocycles. The first kappa shape index (κ1) is 9.68. The Kier molecular flexibility index (Phi) is 2.84. The van der Waals surface area contributed by atoms with Gasteiger partial charge in [-0.2, -0.15) is 0 Å². The molecular formula is C10H9NOS2. The molecule has 0 amide bonds. The second-order valence-corrected chi connectivity index (χ2v) is 5.19. The van der Waals surface area contributed by atoms with Gasteiger partial charge in [-0.05, 0) is 23.1 Å². The van der Waals surface area contributed by atoms with Gasteiger partial charge in [-0.25, -0.2) is 0 Å². The molecule has 0 unspecified atom stereocenters. The van der Waals surface area contributed by atoms with Crippen molar-refractivity contribution in [3.8, 4) is 0 Å². The summed E-state index contributed by atoms with van der Waals surface area (Å²) in [5, 5.41) is 1.94. The van der Waals surface area contributed by atoms with Crippen molar-refractivity contribution in [1.29, 1.82) is 0 Å². The van der Waals surface area contributed by atoms with Crippen molar-refractivity contribution in [2.24, 2.45) is 0 Å². The molecule has 2 nitrogen and oxygen atoms in total. The van der Waals surface area contributed by atoms with Crippen LogP contribution in [0.3, 0.4) is 0 Å². The maximum absolute atomic E-state index is 10.9. The molecule has 1 aromatic heterocycles. The second-order valence-electron chi connectivity index (χ2n) is 2.78. The van der Waals surface area contributed by atoms with Gasteiger partial charge in [-0.15, -0.1) is 0 Å². The molecule has 4 heteroatoms. The van der Waals surface area contributed by atoms with Crippen LogP contribution < -0.4 is 0 Å². The number of aromatic nitrogens is 1. The van der Waals surface area contributed by atoms with Crippen molar-refractivity contribution < 1.29 is 4.79 Å². The topological polar surface area (TPSA) is 32.9 Å². The van der Waals surface area contributed by atoms with E-state index in [9.17, 15) is 4.79 Å². The van der Waals surface area contributed by atoms with E-state index in [1.54, 1.807) is 21.6 Å². The minimum Gasteiger partial charge on any atom is -0.348 e. The minimum absolute atomic E-state index is 0.764. The van der Waals surface area contributed by atoms with E-state index in [1.807, 2.05) is 30.5 Å². The number of fused-ring (bicyclic) bond motifs is 1. The Morgan fingerprint density at radius 2 is 2.14 bits per heavy atom. The van der Waals surface area contributed by atoms with Gasteiger partial charge in [0.15, 0.2) is 6.29 Å². The molecule has 14 heavy (non-hydrogen) atoms. The lowest BCUT2D eigenvalue weighted by atomic mass is 10.2. The van der Waals surface area contributed by atoms with E-state index in [0.29, 0.717) is 0 Å². The summed E-state index contributed by atoms with van der Waals surface area (Å²) in [6.07, 6.45) is 2.90. The molecule has 0 aliphatic rings. The fourth-order valence-corrected chi connectivity index (χ4v) is 2.87. The summed E-state index contributed by atoms with van der Waals surface area (Å²) in [4.78, 5) is 14.2. The first-order valence-electron chi connectivity index (χ1n) is 4.13. The molecule has 0 bridgehead atoms. The first-order chi connectivity index (χ1) is 6.86. The van der Waals surface area contributed by atoms with E-state index in [0.717, 1.165) is 27.8 Å². The summed E-state index contributed by atoms with van der Waals surface area (Å²) >= 11 is 0. The minimum atomic E-state index is 0.764. The SMILES string of the molecule is CSSc1[nH]c2ccccc2c1C=O. The van der Waals surface area contributed by atoms with Crippen LogP contribution in [0.4, 0.5) is 0 Å². The standard InChI is InChI=1S/C10H9NOS2/c1-13-14-10-8(6-12)7-4-2-3-5-9(7)11-10/h2-6,11H,1H3. The van der Waals surface area contributed by atoms with E-state index in [2.05, 4.69) is 4.98 Å². The van der Waals surface area contributed by atoms with Gasteiger partial charge < -0.3 is 4.98 Å². The Hall–Kier alpha value is -0.870. The number of benzene rings is 1. The van der Waals surface area contributed by atoms with Crippen molar-refractivity contribution in [3.63, 3.8) is 0 Å². The first-order valence-corrected chi connectivity index (χ1v) is 6.69. The number of nitrogens with one attached hydrogen (secondary N) is 1. The Balaban J connectivity index is 2.65. The Morgan fingerprint density at radius 1 is 1.36 bits per heavy atom. The second kappa shape index (κ2) is 4.11. The molecule has 1 aromatic carbocycles. The lowest BCUT2D eigenvalue weighted by molar-refractivity contribution is 0.112. The largest absolute Gasteiger partial charge is 0.348 e. The van der Waals surface area contributed by atoms with Crippen LogP contribution in [0.15, 0.2) is 29.3 Å². The smallest absolute Gasteiger partial charge is 0.153 e. The molecule has 0 fully saturated rings. The Morgan fingerprint density at radius 3 is 2.86 bits per heavy atom. The number of hydrogen-bond donors (Lipinski definition) is 1. The predicted molar refractivity (Wildman–Crippen MR) is 63.1 cm³/mol. The maximum atomic E-state index is 10.9. The number of aldehydes is 1. The maximum Gasteiger partial charge on any atom is 0.153 e. The highest BCUT2D eigenvalue weighted by molar-refractivity contribution is 8.76. The van der Waals surface area contributed by atoms with Gasteiger partial charge in [0.25, 0.3) is 0 Å². The van der Waals surface area contributed by atoms with Crippen LogP contribution in [0, 0.1) is 0 Å². The van der Waals surface area contributed by atoms with E-state index >= 15 is 0 Å². The van der Waals surface area contributed by atoms with Crippen molar-refractivity contribution >= 4 is 38.8 Å². The fourth-order valence-electron chi connectivity index (χ4n) is 1.41. The van der Waals surface area contributed by atoms with Gasteiger partial charge in [-0.1, -0.05) is 29.0 Å². The third kappa shape index (κ3) is 1.55. The molecule has 0 atom stereocenters. The lowest BCUT2D eigenvalue weighted by Crippen LogP contribution is -1.78. The summed E-state index contributed by atoms with van der Waals surface area (Å²) < 4.78 is 0. The van der Waals surface area contributed by atoms with Gasteiger partial charge >= 0.3 is 0 Å². The normalized spacial score (nSPS) is 10.6. The van der Waals surface area contributed by atoms with Crippen LogP contribution >= 0.6 is 21.6 Å². The van der Waals surface area contributed by atoms with Crippen molar-refractivity contribution in [2.75, 3.05) is 6.26 Å². The number of aromatic amines is 1. The Labute approximate surface area is 89.9 Å². The molecule has 2 aromatic rings. The third-order valence-corrected chi connectivity index (χ3v) is 3.65. The zero-order valence-corrected chi connectivity index (χ0v) is 9.24. The lowest BCUT2D eigenvalue weighted by Gasteiger charge is -1.92. The number of H-pyrrole nitrogens is 1. The molecule has 1 heterocycles. The van der Waals surface area contributed by atoms with Crippen LogP contribution in [0.25, 0.3) is 10.9 Å². The highest BCUT2D eigenvalue weighted by Crippen LogP contribution is 2.33. The average Bonchev–Trinajstić information content (AvgIpc) is 2.55. The van der Waals surface area contributed by atoms with Crippen LogP contribution in [-0.2, 0) is 0 Å². The summed E-state index contributed by atoms with van der Waals surface area (Å²) in [6.45, 7) is 0. The van der Waals surface area contributed by atoms with Gasteiger partial charge in [-0.3, -0.25) is 4.79 Å². The van der Waals surface area contributed by atoms with E-state index in [4.69, 9.17) is 0 Å². The highest BCUT2D eigenvalue weighted by atomic mass is 33.1. The molecular weight excluding hydrogens is 214 g/mol. The zero-order chi connectivity index (χ0) is 9.97. The third-order valence-electron chi connectivity index (χ3n) is 1.99.